The fraction of sp³-hybridized carbons (Fsp3) is 1.00. The lowest BCUT2D eigenvalue weighted by Crippen LogP contribution is -2.46. The van der Waals surface area contributed by atoms with E-state index >= 15 is 0 Å². The number of nitrogens with two attached hydrogens (primary N) is 1. The van der Waals surface area contributed by atoms with E-state index in [2.05, 4.69) is 24.0 Å². The predicted octanol–water partition coefficient (Wildman–Crippen LogP) is 2.52. The second-order valence-electron chi connectivity index (χ2n) is 5.32. The molecule has 0 aromatic heterocycles. The fourth-order valence-electron chi connectivity index (χ4n) is 3.21. The van der Waals surface area contributed by atoms with Crippen LogP contribution in [-0.4, -0.2) is 29.1 Å². The number of hydrogen-bond donors (Lipinski definition) is 2. The van der Waals surface area contributed by atoms with Crippen LogP contribution in [0.5, 0.6) is 0 Å². The second-order valence-corrected chi connectivity index (χ2v) is 6.84. The Morgan fingerprint density at radius 1 is 1.19 bits per heavy atom. The van der Waals surface area contributed by atoms with Crippen LogP contribution in [-0.2, 0) is 0 Å². The quantitative estimate of drug-likeness (QED) is 0.795. The van der Waals surface area contributed by atoms with Crippen LogP contribution in [0, 0.1) is 0 Å². The van der Waals surface area contributed by atoms with Gasteiger partial charge in [0.25, 0.3) is 0 Å². The molecule has 0 saturated heterocycles. The first-order valence-corrected chi connectivity index (χ1v) is 7.97. The highest BCUT2D eigenvalue weighted by atomic mass is 32.2. The van der Waals surface area contributed by atoms with Gasteiger partial charge in [0.05, 0.1) is 0 Å². The molecule has 0 aromatic rings. The molecule has 94 valence electrons. The summed E-state index contributed by atoms with van der Waals surface area (Å²) in [6, 6.07) is 1.91. The standard InChI is InChI=1S/C13H26N2S/c1-2-16-13-8-4-7-12(13)15-11-6-3-5-10(14)9-11/h10-13,15H,2-9,14H2,1H3. The molecule has 0 heterocycles. The SMILES string of the molecule is CCSC1CCCC1NC1CCCC(N)C1. The minimum absolute atomic E-state index is 0.449. The van der Waals surface area contributed by atoms with Crippen molar-refractivity contribution in [1.82, 2.24) is 5.32 Å². The Balaban J connectivity index is 1.79. The highest BCUT2D eigenvalue weighted by Crippen LogP contribution is 2.31. The topological polar surface area (TPSA) is 38.0 Å². The highest BCUT2D eigenvalue weighted by molar-refractivity contribution is 7.99. The molecule has 4 atom stereocenters. The number of nitrogens with one attached hydrogen (secondary N) is 1. The minimum atomic E-state index is 0.449. The Morgan fingerprint density at radius 3 is 2.75 bits per heavy atom. The first kappa shape index (κ1) is 12.7. The zero-order valence-corrected chi connectivity index (χ0v) is 11.3. The van der Waals surface area contributed by atoms with E-state index in [-0.39, 0.29) is 0 Å². The van der Waals surface area contributed by atoms with Crippen molar-refractivity contribution in [1.29, 1.82) is 0 Å². The Bertz CT molecular complexity index is 210. The third-order valence-corrected chi connectivity index (χ3v) is 5.32. The zero-order valence-electron chi connectivity index (χ0n) is 10.5. The molecule has 2 fully saturated rings. The van der Waals surface area contributed by atoms with Crippen molar-refractivity contribution < 1.29 is 0 Å². The van der Waals surface area contributed by atoms with Gasteiger partial charge in [0.1, 0.15) is 0 Å². The summed E-state index contributed by atoms with van der Waals surface area (Å²) in [6.07, 6.45) is 9.29. The molecule has 4 unspecified atom stereocenters. The average Bonchev–Trinajstić information content (AvgIpc) is 2.66. The van der Waals surface area contributed by atoms with Crippen molar-refractivity contribution in [2.24, 2.45) is 5.73 Å². The Morgan fingerprint density at radius 2 is 2.00 bits per heavy atom. The van der Waals surface area contributed by atoms with Crippen molar-refractivity contribution in [2.75, 3.05) is 5.75 Å². The van der Waals surface area contributed by atoms with Crippen LogP contribution in [0.15, 0.2) is 0 Å². The Hall–Kier alpha value is 0.270. The molecule has 16 heavy (non-hydrogen) atoms. The number of thioether (sulfide) groups is 1. The van der Waals surface area contributed by atoms with Gasteiger partial charge < -0.3 is 11.1 Å². The molecule has 2 aliphatic rings. The maximum Gasteiger partial charge on any atom is 0.0201 e. The molecule has 3 heteroatoms. The van der Waals surface area contributed by atoms with Gasteiger partial charge in [-0.1, -0.05) is 19.8 Å². The van der Waals surface area contributed by atoms with Gasteiger partial charge in [-0.15, -0.1) is 0 Å². The molecule has 0 aliphatic heterocycles. The van der Waals surface area contributed by atoms with Crippen molar-refractivity contribution in [3.05, 3.63) is 0 Å². The van der Waals surface area contributed by atoms with Gasteiger partial charge in [-0.2, -0.15) is 11.8 Å². The summed E-state index contributed by atoms with van der Waals surface area (Å²) in [6.45, 7) is 2.27. The van der Waals surface area contributed by atoms with E-state index in [1.807, 2.05) is 0 Å². The lowest BCUT2D eigenvalue weighted by Gasteiger charge is -2.32. The number of hydrogen-bond acceptors (Lipinski definition) is 3. The van der Waals surface area contributed by atoms with Crippen LogP contribution >= 0.6 is 11.8 Å². The maximum atomic E-state index is 6.05. The van der Waals surface area contributed by atoms with Crippen molar-refractivity contribution in [3.8, 4) is 0 Å². The highest BCUT2D eigenvalue weighted by Gasteiger charge is 2.30. The largest absolute Gasteiger partial charge is 0.328 e. The van der Waals surface area contributed by atoms with Gasteiger partial charge in [-0.05, 0) is 37.9 Å². The molecular weight excluding hydrogens is 216 g/mol. The smallest absolute Gasteiger partial charge is 0.0201 e. The predicted molar refractivity (Wildman–Crippen MR) is 72.9 cm³/mol. The molecule has 2 rings (SSSR count). The summed E-state index contributed by atoms with van der Waals surface area (Å²) >= 11 is 2.14. The lowest BCUT2D eigenvalue weighted by molar-refractivity contribution is 0.313. The van der Waals surface area contributed by atoms with E-state index in [0.29, 0.717) is 12.1 Å². The van der Waals surface area contributed by atoms with Gasteiger partial charge in [-0.25, -0.2) is 0 Å². The fourth-order valence-corrected chi connectivity index (χ4v) is 4.42. The average molecular weight is 242 g/mol. The monoisotopic (exact) mass is 242 g/mol. The molecule has 0 amide bonds. The molecule has 0 spiro atoms. The van der Waals surface area contributed by atoms with Crippen molar-refractivity contribution in [3.63, 3.8) is 0 Å². The van der Waals surface area contributed by atoms with Crippen molar-refractivity contribution >= 4 is 11.8 Å². The molecular formula is C13H26N2S. The van der Waals surface area contributed by atoms with E-state index in [9.17, 15) is 0 Å². The van der Waals surface area contributed by atoms with Gasteiger partial charge >= 0.3 is 0 Å². The van der Waals surface area contributed by atoms with Crippen LogP contribution in [0.1, 0.15) is 51.9 Å². The van der Waals surface area contributed by atoms with Crippen LogP contribution < -0.4 is 11.1 Å². The molecule has 0 aromatic carbocycles. The van der Waals surface area contributed by atoms with E-state index < -0.39 is 0 Å². The molecule has 2 nitrogen and oxygen atoms in total. The zero-order chi connectivity index (χ0) is 11.4. The first-order valence-electron chi connectivity index (χ1n) is 6.92. The lowest BCUT2D eigenvalue weighted by atomic mass is 9.91. The Kier molecular flexibility index (Phi) is 4.98. The van der Waals surface area contributed by atoms with Crippen LogP contribution in [0.4, 0.5) is 0 Å². The van der Waals surface area contributed by atoms with Gasteiger partial charge in [-0.3, -0.25) is 0 Å². The third kappa shape index (κ3) is 3.38. The van der Waals surface area contributed by atoms with E-state index in [1.165, 1.54) is 50.7 Å². The molecule has 0 radical (unpaired) electrons. The third-order valence-electron chi connectivity index (χ3n) is 4.00. The molecule has 2 saturated carbocycles. The van der Waals surface area contributed by atoms with Crippen molar-refractivity contribution in [2.45, 2.75) is 75.2 Å². The summed E-state index contributed by atoms with van der Waals surface area (Å²) in [5, 5.41) is 4.75. The van der Waals surface area contributed by atoms with Gasteiger partial charge in [0.2, 0.25) is 0 Å². The van der Waals surface area contributed by atoms with Gasteiger partial charge in [0, 0.05) is 23.4 Å². The van der Waals surface area contributed by atoms with E-state index in [0.717, 1.165) is 11.3 Å². The molecule has 0 bridgehead atoms. The first-order chi connectivity index (χ1) is 7.79. The summed E-state index contributed by atoms with van der Waals surface area (Å²) in [7, 11) is 0. The van der Waals surface area contributed by atoms with Crippen LogP contribution in [0.3, 0.4) is 0 Å². The molecule has 2 aliphatic carbocycles. The van der Waals surface area contributed by atoms with E-state index in [4.69, 9.17) is 5.73 Å². The Labute approximate surface area is 104 Å². The maximum absolute atomic E-state index is 6.05. The minimum Gasteiger partial charge on any atom is -0.328 e. The summed E-state index contributed by atoms with van der Waals surface area (Å²) in [4.78, 5) is 0. The molecule has 3 N–H and O–H groups in total. The normalized spacial score (nSPS) is 40.1. The summed E-state index contributed by atoms with van der Waals surface area (Å²) in [5.74, 6) is 1.26. The van der Waals surface area contributed by atoms with Crippen LogP contribution in [0.2, 0.25) is 0 Å². The number of rotatable bonds is 4. The summed E-state index contributed by atoms with van der Waals surface area (Å²) < 4.78 is 0. The van der Waals surface area contributed by atoms with Gasteiger partial charge in [0.15, 0.2) is 0 Å². The second kappa shape index (κ2) is 6.27. The van der Waals surface area contributed by atoms with E-state index in [1.54, 1.807) is 0 Å². The summed E-state index contributed by atoms with van der Waals surface area (Å²) in [5.41, 5.74) is 6.05. The van der Waals surface area contributed by atoms with Crippen LogP contribution in [0.25, 0.3) is 0 Å².